The summed E-state index contributed by atoms with van der Waals surface area (Å²) in [5.74, 6) is -1.65. The molecule has 0 fully saturated rings. The third-order valence-corrected chi connectivity index (χ3v) is 5.85. The second-order valence-electron chi connectivity index (χ2n) is 7.98. The fraction of sp³-hybridized carbons (Fsp3) is 0.111. The van der Waals surface area contributed by atoms with Crippen LogP contribution in [0.5, 0.6) is 0 Å². The fourth-order valence-electron chi connectivity index (χ4n) is 3.91. The van der Waals surface area contributed by atoms with Crippen LogP contribution >= 0.6 is 0 Å². The predicted molar refractivity (Wildman–Crippen MR) is 122 cm³/mol. The van der Waals surface area contributed by atoms with E-state index in [2.05, 4.69) is 66.3 Å². The summed E-state index contributed by atoms with van der Waals surface area (Å²) in [7, 11) is 0. The maximum absolute atomic E-state index is 14.1. The molecule has 3 aromatic rings. The molecule has 0 aromatic heterocycles. The average molecular weight is 425 g/mol. The number of halogens is 2. The van der Waals surface area contributed by atoms with E-state index in [1.807, 2.05) is 23.0 Å². The Kier molecular flexibility index (Phi) is 5.02. The van der Waals surface area contributed by atoms with Crippen molar-refractivity contribution in [2.24, 2.45) is 0 Å². The Hall–Kier alpha value is -3.86. The highest BCUT2D eigenvalue weighted by Gasteiger charge is 2.17. The lowest BCUT2D eigenvalue weighted by Crippen LogP contribution is -2.01. The van der Waals surface area contributed by atoms with Crippen LogP contribution in [-0.2, 0) is 6.54 Å². The molecule has 32 heavy (non-hydrogen) atoms. The normalized spacial score (nSPS) is 11.2. The SMILES string of the molecule is Cc1cccc(-c2ccc(Cn3ccc4nc(-c5cccc(F)c5F)nc-4c3)cc2)c1C. The van der Waals surface area contributed by atoms with Crippen molar-refractivity contribution in [2.75, 3.05) is 0 Å². The first kappa shape index (κ1) is 20.1. The van der Waals surface area contributed by atoms with Crippen molar-refractivity contribution in [3.05, 3.63) is 107 Å². The second-order valence-corrected chi connectivity index (χ2v) is 7.98. The third kappa shape index (κ3) is 3.66. The average Bonchev–Trinajstić information content (AvgIpc) is 3.21. The molecule has 0 aliphatic carbocycles. The van der Waals surface area contributed by atoms with E-state index < -0.39 is 11.6 Å². The zero-order valence-electron chi connectivity index (χ0n) is 17.8. The van der Waals surface area contributed by atoms with E-state index in [0.29, 0.717) is 17.9 Å². The van der Waals surface area contributed by atoms with E-state index in [9.17, 15) is 8.78 Å². The van der Waals surface area contributed by atoms with Crippen LogP contribution in [-0.4, -0.2) is 14.5 Å². The first-order valence-electron chi connectivity index (χ1n) is 10.4. The highest BCUT2D eigenvalue weighted by Crippen LogP contribution is 2.28. The smallest absolute Gasteiger partial charge is 0.169 e. The molecule has 0 bridgehead atoms. The van der Waals surface area contributed by atoms with Crippen LogP contribution in [0, 0.1) is 25.5 Å². The van der Waals surface area contributed by atoms with Gasteiger partial charge in [-0.05, 0) is 59.9 Å². The molecular formula is C27H21F2N3. The first-order chi connectivity index (χ1) is 15.5. The van der Waals surface area contributed by atoms with Crippen LogP contribution in [0.1, 0.15) is 16.7 Å². The summed E-state index contributed by atoms with van der Waals surface area (Å²) in [6, 6.07) is 20.8. The number of rotatable bonds is 4. The molecule has 0 saturated carbocycles. The van der Waals surface area contributed by atoms with Gasteiger partial charge in [0.25, 0.3) is 0 Å². The maximum atomic E-state index is 14.1. The van der Waals surface area contributed by atoms with Crippen LogP contribution in [0.3, 0.4) is 0 Å². The number of benzene rings is 3. The van der Waals surface area contributed by atoms with Gasteiger partial charge in [-0.2, -0.15) is 0 Å². The second kappa shape index (κ2) is 8.00. The summed E-state index contributed by atoms with van der Waals surface area (Å²) in [5, 5.41) is 0. The molecule has 5 rings (SSSR count). The van der Waals surface area contributed by atoms with Crippen LogP contribution in [0.15, 0.2) is 79.1 Å². The lowest BCUT2D eigenvalue weighted by molar-refractivity contribution is 0.510. The minimum atomic E-state index is -0.931. The highest BCUT2D eigenvalue weighted by atomic mass is 19.2. The molecule has 0 atom stereocenters. The zero-order chi connectivity index (χ0) is 22.2. The van der Waals surface area contributed by atoms with Crippen molar-refractivity contribution in [2.45, 2.75) is 20.4 Å². The Balaban J connectivity index is 1.40. The van der Waals surface area contributed by atoms with Crippen molar-refractivity contribution in [1.29, 1.82) is 0 Å². The van der Waals surface area contributed by atoms with E-state index in [0.717, 1.165) is 11.6 Å². The van der Waals surface area contributed by atoms with E-state index in [1.165, 1.54) is 34.4 Å². The summed E-state index contributed by atoms with van der Waals surface area (Å²) >= 11 is 0. The molecule has 2 heterocycles. The largest absolute Gasteiger partial charge is 0.348 e. The summed E-state index contributed by atoms with van der Waals surface area (Å²) in [4.78, 5) is 8.78. The number of pyridine rings is 1. The number of fused-ring (bicyclic) bond motifs is 1. The molecule has 3 aromatic carbocycles. The van der Waals surface area contributed by atoms with Gasteiger partial charge in [-0.25, -0.2) is 18.7 Å². The van der Waals surface area contributed by atoms with Crippen molar-refractivity contribution in [3.8, 4) is 33.9 Å². The standard InChI is InChI=1S/C27H21F2N3/c1-17-5-3-6-21(18(17)2)20-11-9-19(10-12-20)15-32-14-13-24-25(16-32)31-27(30-24)22-7-4-8-23(28)26(22)29/h3-14,16H,15H2,1-2H3. The van der Waals surface area contributed by atoms with Gasteiger partial charge in [-0.3, -0.25) is 0 Å². The molecule has 0 radical (unpaired) electrons. The molecular weight excluding hydrogens is 404 g/mol. The summed E-state index contributed by atoms with van der Waals surface area (Å²) in [6.45, 7) is 4.94. The molecule has 3 nitrogen and oxygen atoms in total. The molecule has 2 aliphatic heterocycles. The minimum absolute atomic E-state index is 0.0646. The minimum Gasteiger partial charge on any atom is -0.348 e. The number of aryl methyl sites for hydroxylation is 1. The lowest BCUT2D eigenvalue weighted by Gasteiger charge is -2.11. The molecule has 0 unspecified atom stereocenters. The Bertz CT molecular complexity index is 1390. The number of imidazole rings is 1. The first-order valence-corrected chi connectivity index (χ1v) is 10.4. The van der Waals surface area contributed by atoms with Crippen LogP contribution in [0.2, 0.25) is 0 Å². The molecule has 5 heteroatoms. The van der Waals surface area contributed by atoms with Crippen molar-refractivity contribution in [3.63, 3.8) is 0 Å². The zero-order valence-corrected chi connectivity index (χ0v) is 17.8. The van der Waals surface area contributed by atoms with Crippen molar-refractivity contribution in [1.82, 2.24) is 14.5 Å². The molecule has 0 amide bonds. The van der Waals surface area contributed by atoms with E-state index in [1.54, 1.807) is 0 Å². The number of hydrogen-bond donors (Lipinski definition) is 0. The Morgan fingerprint density at radius 3 is 2.31 bits per heavy atom. The van der Waals surface area contributed by atoms with Gasteiger partial charge in [0.1, 0.15) is 5.69 Å². The quantitative estimate of drug-likeness (QED) is 0.322. The molecule has 0 saturated heterocycles. The Morgan fingerprint density at radius 2 is 1.50 bits per heavy atom. The molecule has 2 aliphatic rings. The van der Waals surface area contributed by atoms with Gasteiger partial charge >= 0.3 is 0 Å². The predicted octanol–water partition coefficient (Wildman–Crippen LogP) is 6.66. The van der Waals surface area contributed by atoms with Crippen molar-refractivity contribution >= 4 is 0 Å². The lowest BCUT2D eigenvalue weighted by atomic mass is 9.96. The number of nitrogens with zero attached hydrogens (tertiary/aromatic N) is 3. The Morgan fingerprint density at radius 1 is 0.781 bits per heavy atom. The third-order valence-electron chi connectivity index (χ3n) is 5.85. The van der Waals surface area contributed by atoms with Gasteiger partial charge in [0, 0.05) is 18.9 Å². The van der Waals surface area contributed by atoms with Gasteiger partial charge in [0.15, 0.2) is 17.5 Å². The van der Waals surface area contributed by atoms with Crippen LogP contribution in [0.25, 0.3) is 33.9 Å². The molecule has 158 valence electrons. The van der Waals surface area contributed by atoms with Gasteiger partial charge in [-0.1, -0.05) is 48.5 Å². The van der Waals surface area contributed by atoms with Crippen LogP contribution in [0.4, 0.5) is 8.78 Å². The van der Waals surface area contributed by atoms with Gasteiger partial charge in [0.2, 0.25) is 0 Å². The van der Waals surface area contributed by atoms with E-state index in [-0.39, 0.29) is 11.4 Å². The van der Waals surface area contributed by atoms with E-state index in [4.69, 9.17) is 0 Å². The number of hydrogen-bond acceptors (Lipinski definition) is 2. The van der Waals surface area contributed by atoms with Crippen molar-refractivity contribution < 1.29 is 8.78 Å². The van der Waals surface area contributed by atoms with E-state index >= 15 is 0 Å². The van der Waals surface area contributed by atoms with Crippen LogP contribution < -0.4 is 0 Å². The Labute approximate surface area is 185 Å². The summed E-state index contributed by atoms with van der Waals surface area (Å²) in [6.07, 6.45) is 3.79. The summed E-state index contributed by atoms with van der Waals surface area (Å²) in [5.41, 5.74) is 7.51. The molecule has 0 N–H and O–H groups in total. The highest BCUT2D eigenvalue weighted by molar-refractivity contribution is 5.69. The number of aromatic nitrogens is 3. The van der Waals surface area contributed by atoms with Gasteiger partial charge < -0.3 is 4.57 Å². The van der Waals surface area contributed by atoms with Gasteiger partial charge in [0.05, 0.1) is 11.3 Å². The fourth-order valence-corrected chi connectivity index (χ4v) is 3.91. The molecule has 0 spiro atoms. The topological polar surface area (TPSA) is 30.7 Å². The maximum Gasteiger partial charge on any atom is 0.169 e. The monoisotopic (exact) mass is 425 g/mol. The van der Waals surface area contributed by atoms with Gasteiger partial charge in [-0.15, -0.1) is 0 Å². The summed E-state index contributed by atoms with van der Waals surface area (Å²) < 4.78 is 29.7.